The van der Waals surface area contributed by atoms with Gasteiger partial charge in [0.05, 0.1) is 5.69 Å². The van der Waals surface area contributed by atoms with Gasteiger partial charge in [0.1, 0.15) is 0 Å². The van der Waals surface area contributed by atoms with Crippen LogP contribution in [0.4, 0.5) is 0 Å². The number of fused-ring (bicyclic) bond motifs is 6. The van der Waals surface area contributed by atoms with E-state index in [0.29, 0.717) is 5.92 Å². The van der Waals surface area contributed by atoms with Crippen LogP contribution in [0.5, 0.6) is 0 Å². The molecule has 7 aromatic carbocycles. The van der Waals surface area contributed by atoms with Crippen molar-refractivity contribution in [1.29, 1.82) is 0 Å². The van der Waals surface area contributed by atoms with Crippen LogP contribution >= 0.6 is 11.3 Å². The number of aromatic nitrogens is 1. The van der Waals surface area contributed by atoms with Crippen LogP contribution in [0, 0.1) is 0 Å². The molecule has 1 nitrogen and oxygen atoms in total. The van der Waals surface area contributed by atoms with Gasteiger partial charge in [-0.1, -0.05) is 166 Å². The van der Waals surface area contributed by atoms with Crippen molar-refractivity contribution in [3.63, 3.8) is 0 Å². The molecule has 260 valence electrons. The summed E-state index contributed by atoms with van der Waals surface area (Å²) in [5, 5.41) is 2.64. The third-order valence-electron chi connectivity index (χ3n) is 10.8. The maximum absolute atomic E-state index is 4.98. The predicted octanol–water partition coefficient (Wildman–Crippen LogP) is 15.1. The SMILES string of the molecule is CC.CC1Cc2cccc(-c3ccc(-c4ccccc4)c(-c4cc(-c5cccc6c5sc5ccccc56)ccc4-c4ccccc4)c3)c2-c2ncccc21. The van der Waals surface area contributed by atoms with Gasteiger partial charge in [-0.25, -0.2) is 0 Å². The number of thiophene rings is 1. The van der Waals surface area contributed by atoms with E-state index >= 15 is 0 Å². The van der Waals surface area contributed by atoms with Crippen LogP contribution in [0.1, 0.15) is 37.8 Å². The summed E-state index contributed by atoms with van der Waals surface area (Å²) in [4.78, 5) is 4.98. The summed E-state index contributed by atoms with van der Waals surface area (Å²) >= 11 is 1.89. The number of rotatable bonds is 5. The molecular formula is C52H41NS. The van der Waals surface area contributed by atoms with Gasteiger partial charge in [-0.15, -0.1) is 11.3 Å². The molecule has 0 amide bonds. The first kappa shape index (κ1) is 33.7. The van der Waals surface area contributed by atoms with Crippen LogP contribution in [0.2, 0.25) is 0 Å². The van der Waals surface area contributed by atoms with Crippen molar-refractivity contribution in [3.05, 3.63) is 187 Å². The molecule has 10 rings (SSSR count). The Morgan fingerprint density at radius 1 is 0.481 bits per heavy atom. The van der Waals surface area contributed by atoms with Crippen LogP contribution in [-0.4, -0.2) is 4.98 Å². The number of nitrogens with zero attached hydrogens (tertiary/aromatic N) is 1. The Hall–Kier alpha value is -6.09. The van der Waals surface area contributed by atoms with Gasteiger partial charge in [-0.2, -0.15) is 0 Å². The molecule has 2 heterocycles. The molecule has 0 fully saturated rings. The molecular weight excluding hydrogens is 671 g/mol. The molecule has 0 N–H and O–H groups in total. The van der Waals surface area contributed by atoms with Crippen molar-refractivity contribution in [1.82, 2.24) is 4.98 Å². The fourth-order valence-electron chi connectivity index (χ4n) is 8.34. The zero-order valence-corrected chi connectivity index (χ0v) is 31.7. The largest absolute Gasteiger partial charge is 0.256 e. The van der Waals surface area contributed by atoms with Crippen LogP contribution in [0.15, 0.2) is 176 Å². The number of hydrogen-bond donors (Lipinski definition) is 0. The van der Waals surface area contributed by atoms with E-state index < -0.39 is 0 Å². The molecule has 0 saturated heterocycles. The Bertz CT molecular complexity index is 2780. The van der Waals surface area contributed by atoms with Crippen molar-refractivity contribution in [2.45, 2.75) is 33.1 Å². The molecule has 54 heavy (non-hydrogen) atoms. The lowest BCUT2D eigenvalue weighted by molar-refractivity contribution is 0.743. The van der Waals surface area contributed by atoms with E-state index in [9.17, 15) is 0 Å². The Labute approximate surface area is 322 Å². The Balaban J connectivity index is 0.00000189. The Morgan fingerprint density at radius 3 is 1.78 bits per heavy atom. The molecule has 0 saturated carbocycles. The average molecular weight is 712 g/mol. The third kappa shape index (κ3) is 5.84. The summed E-state index contributed by atoms with van der Waals surface area (Å²) < 4.78 is 2.65. The third-order valence-corrected chi connectivity index (χ3v) is 12.0. The van der Waals surface area contributed by atoms with E-state index in [4.69, 9.17) is 4.98 Å². The molecule has 0 aliphatic heterocycles. The van der Waals surface area contributed by atoms with E-state index in [1.54, 1.807) is 0 Å². The smallest absolute Gasteiger partial charge is 0.0745 e. The first-order valence-corrected chi connectivity index (χ1v) is 19.9. The lowest BCUT2D eigenvalue weighted by atomic mass is 9.78. The molecule has 9 aromatic rings. The molecule has 2 heteroatoms. The van der Waals surface area contributed by atoms with E-state index in [1.807, 2.05) is 31.4 Å². The van der Waals surface area contributed by atoms with Crippen molar-refractivity contribution in [2.75, 3.05) is 0 Å². The minimum absolute atomic E-state index is 0.434. The molecule has 0 bridgehead atoms. The van der Waals surface area contributed by atoms with Gasteiger partial charge in [0.15, 0.2) is 0 Å². The van der Waals surface area contributed by atoms with Crippen LogP contribution in [-0.2, 0) is 6.42 Å². The maximum Gasteiger partial charge on any atom is 0.0745 e. The lowest BCUT2D eigenvalue weighted by Crippen LogP contribution is -2.10. The normalized spacial score (nSPS) is 13.2. The second kappa shape index (κ2) is 14.4. The van der Waals surface area contributed by atoms with Crippen LogP contribution < -0.4 is 0 Å². The van der Waals surface area contributed by atoms with E-state index in [0.717, 1.165) is 12.1 Å². The molecule has 2 aromatic heterocycles. The monoisotopic (exact) mass is 711 g/mol. The molecule has 1 aliphatic rings. The zero-order valence-electron chi connectivity index (χ0n) is 30.9. The fraction of sp³-hybridized carbons (Fsp3) is 0.0962. The summed E-state index contributed by atoms with van der Waals surface area (Å²) in [6.07, 6.45) is 2.95. The van der Waals surface area contributed by atoms with Crippen LogP contribution in [0.25, 0.3) is 87.1 Å². The first-order chi connectivity index (χ1) is 26.7. The fourth-order valence-corrected chi connectivity index (χ4v) is 9.58. The number of pyridine rings is 1. The van der Waals surface area contributed by atoms with Gasteiger partial charge < -0.3 is 0 Å². The van der Waals surface area contributed by atoms with Crippen molar-refractivity contribution < 1.29 is 0 Å². The minimum Gasteiger partial charge on any atom is -0.256 e. The molecule has 1 unspecified atom stereocenters. The van der Waals surface area contributed by atoms with Crippen molar-refractivity contribution in [3.8, 4) is 66.9 Å². The lowest BCUT2D eigenvalue weighted by Gasteiger charge is -2.26. The van der Waals surface area contributed by atoms with Crippen LogP contribution in [0.3, 0.4) is 0 Å². The second-order valence-corrected chi connectivity index (χ2v) is 15.0. The van der Waals surface area contributed by atoms with Gasteiger partial charge in [-0.05, 0) is 103 Å². The quantitative estimate of drug-likeness (QED) is 0.173. The molecule has 0 spiro atoms. The Kier molecular flexibility index (Phi) is 8.98. The highest BCUT2D eigenvalue weighted by atomic mass is 32.1. The van der Waals surface area contributed by atoms with E-state index in [2.05, 4.69) is 177 Å². The summed E-state index contributed by atoms with van der Waals surface area (Å²) in [5.41, 5.74) is 17.3. The summed E-state index contributed by atoms with van der Waals surface area (Å²) in [6.45, 7) is 6.32. The maximum atomic E-state index is 4.98. The predicted molar refractivity (Wildman–Crippen MR) is 233 cm³/mol. The summed E-state index contributed by atoms with van der Waals surface area (Å²) in [7, 11) is 0. The standard InChI is InChI=1S/C50H35NS.C2H6/c1-32-29-37-17-10-19-41(48(37)49-38(32)22-12-28-51-49)35-24-26-39(33-13-4-2-5-14-33)45(30-35)46-31-36(25-27-40(46)34-15-6-3-7-16-34)42-20-11-21-44-43-18-8-9-23-47(43)52-50(42)44;1-2/h2-28,30-32H,29H2,1H3;1-2H3. The highest BCUT2D eigenvalue weighted by molar-refractivity contribution is 7.26. The van der Waals surface area contributed by atoms with Gasteiger partial charge in [0.25, 0.3) is 0 Å². The van der Waals surface area contributed by atoms with Gasteiger partial charge in [-0.3, -0.25) is 4.98 Å². The average Bonchev–Trinajstić information content (AvgIpc) is 3.64. The topological polar surface area (TPSA) is 12.9 Å². The number of hydrogen-bond acceptors (Lipinski definition) is 2. The van der Waals surface area contributed by atoms with E-state index in [-0.39, 0.29) is 0 Å². The highest BCUT2D eigenvalue weighted by Crippen LogP contribution is 2.47. The molecule has 1 aliphatic carbocycles. The molecule has 1 atom stereocenters. The Morgan fingerprint density at radius 2 is 1.07 bits per heavy atom. The summed E-state index contributed by atoms with van der Waals surface area (Å²) in [5.74, 6) is 0.434. The summed E-state index contributed by atoms with van der Waals surface area (Å²) in [6, 6.07) is 62.5. The van der Waals surface area contributed by atoms with Crippen molar-refractivity contribution in [2.24, 2.45) is 0 Å². The minimum atomic E-state index is 0.434. The number of benzene rings is 7. The molecule has 0 radical (unpaired) electrons. The second-order valence-electron chi connectivity index (χ2n) is 13.9. The highest BCUT2D eigenvalue weighted by Gasteiger charge is 2.26. The van der Waals surface area contributed by atoms with E-state index in [1.165, 1.54) is 92.5 Å². The van der Waals surface area contributed by atoms with Gasteiger partial charge >= 0.3 is 0 Å². The van der Waals surface area contributed by atoms with Crippen molar-refractivity contribution >= 4 is 31.5 Å². The first-order valence-electron chi connectivity index (χ1n) is 19.1. The van der Waals surface area contributed by atoms with Gasteiger partial charge in [0.2, 0.25) is 0 Å². The van der Waals surface area contributed by atoms with Gasteiger partial charge in [0, 0.05) is 31.9 Å². The zero-order chi connectivity index (χ0) is 36.6.